The first kappa shape index (κ1) is 14.2. The fourth-order valence-electron chi connectivity index (χ4n) is 1.88. The third-order valence-corrected chi connectivity index (χ3v) is 2.91. The van der Waals surface area contributed by atoms with Crippen LogP contribution in [0.15, 0.2) is 18.2 Å². The van der Waals surface area contributed by atoms with Gasteiger partial charge in [-0.05, 0) is 24.6 Å². The van der Waals surface area contributed by atoms with Crippen LogP contribution >= 0.6 is 0 Å². The van der Waals surface area contributed by atoms with E-state index in [1.807, 2.05) is 0 Å². The highest BCUT2D eigenvalue weighted by Crippen LogP contribution is 2.27. The first-order valence-corrected chi connectivity index (χ1v) is 5.98. The molecule has 0 aromatic heterocycles. The van der Waals surface area contributed by atoms with Crippen LogP contribution in [-0.4, -0.2) is 40.6 Å². The number of hydrogen-bond donors (Lipinski definition) is 3. The lowest BCUT2D eigenvalue weighted by atomic mass is 10.0. The second kappa shape index (κ2) is 5.40. The van der Waals surface area contributed by atoms with Crippen molar-refractivity contribution in [3.05, 3.63) is 29.3 Å². The number of benzene rings is 1. The molecule has 2 unspecified atom stereocenters. The van der Waals surface area contributed by atoms with Crippen molar-refractivity contribution in [1.82, 2.24) is 0 Å². The van der Waals surface area contributed by atoms with Crippen LogP contribution in [0.5, 0.6) is 0 Å². The van der Waals surface area contributed by atoms with Crippen molar-refractivity contribution < 1.29 is 29.3 Å². The molecule has 7 nitrogen and oxygen atoms in total. The Morgan fingerprint density at radius 1 is 1.35 bits per heavy atom. The molecule has 0 spiro atoms. The predicted octanol–water partition coefficient (Wildman–Crippen LogP) is -0.221. The van der Waals surface area contributed by atoms with Crippen LogP contribution in [0.4, 0.5) is 5.69 Å². The number of nitrogens with one attached hydrogen (secondary N) is 1. The van der Waals surface area contributed by atoms with E-state index in [0.29, 0.717) is 5.69 Å². The molecule has 1 aromatic carbocycles. The monoisotopic (exact) mass is 279 g/mol. The number of carbonyl (C=O) groups excluding carboxylic acids is 3. The molecular weight excluding hydrogens is 266 g/mol. The zero-order valence-electron chi connectivity index (χ0n) is 10.6. The third kappa shape index (κ3) is 2.40. The molecular formula is C13H13NO6. The molecule has 20 heavy (non-hydrogen) atoms. The molecule has 2 rings (SSSR count). The number of anilines is 1. The molecule has 1 aliphatic heterocycles. The average Bonchev–Trinajstić information content (AvgIpc) is 2.72. The maximum atomic E-state index is 11.5. The molecule has 0 aliphatic carbocycles. The maximum absolute atomic E-state index is 11.5. The molecule has 2 atom stereocenters. The summed E-state index contributed by atoms with van der Waals surface area (Å²) in [6.07, 6.45) is -3.30. The Morgan fingerprint density at radius 2 is 2.05 bits per heavy atom. The van der Waals surface area contributed by atoms with E-state index in [1.165, 1.54) is 18.2 Å². The summed E-state index contributed by atoms with van der Waals surface area (Å²) in [6.45, 7) is 1.64. The van der Waals surface area contributed by atoms with E-state index in [1.54, 1.807) is 6.92 Å². The molecule has 106 valence electrons. The Hall–Kier alpha value is -2.25. The van der Waals surface area contributed by atoms with Gasteiger partial charge in [0.05, 0.1) is 17.9 Å². The Morgan fingerprint density at radius 3 is 2.70 bits per heavy atom. The van der Waals surface area contributed by atoms with Crippen molar-refractivity contribution in [2.75, 3.05) is 11.9 Å². The van der Waals surface area contributed by atoms with Gasteiger partial charge in [0.25, 0.3) is 11.7 Å². The highest BCUT2D eigenvalue weighted by atomic mass is 16.5. The van der Waals surface area contributed by atoms with Gasteiger partial charge in [-0.3, -0.25) is 9.59 Å². The summed E-state index contributed by atoms with van der Waals surface area (Å²) in [7, 11) is 0. The van der Waals surface area contributed by atoms with Crippen LogP contribution < -0.4 is 5.32 Å². The van der Waals surface area contributed by atoms with E-state index in [4.69, 9.17) is 0 Å². The topological polar surface area (TPSA) is 113 Å². The van der Waals surface area contributed by atoms with Gasteiger partial charge in [0.15, 0.2) is 6.10 Å². The van der Waals surface area contributed by atoms with Crippen LogP contribution in [0.1, 0.15) is 28.9 Å². The van der Waals surface area contributed by atoms with Gasteiger partial charge < -0.3 is 20.3 Å². The Kier molecular flexibility index (Phi) is 3.82. The lowest BCUT2D eigenvalue weighted by molar-refractivity contribution is -0.159. The lowest BCUT2D eigenvalue weighted by Gasteiger charge is -2.17. The smallest absolute Gasteiger partial charge is 0.338 e. The molecule has 7 heteroatoms. The van der Waals surface area contributed by atoms with Gasteiger partial charge in [0, 0.05) is 0 Å². The van der Waals surface area contributed by atoms with Gasteiger partial charge in [-0.15, -0.1) is 0 Å². The number of carbonyl (C=O) groups is 3. The minimum absolute atomic E-state index is 0.0731. The van der Waals surface area contributed by atoms with Crippen molar-refractivity contribution in [3.8, 4) is 0 Å². The minimum atomic E-state index is -1.76. The summed E-state index contributed by atoms with van der Waals surface area (Å²) >= 11 is 0. The number of esters is 1. The fourth-order valence-corrected chi connectivity index (χ4v) is 1.88. The van der Waals surface area contributed by atoms with Crippen molar-refractivity contribution in [1.29, 1.82) is 0 Å². The van der Waals surface area contributed by atoms with E-state index >= 15 is 0 Å². The largest absolute Gasteiger partial charge is 0.464 e. The van der Waals surface area contributed by atoms with Crippen molar-refractivity contribution in [3.63, 3.8) is 0 Å². The number of aliphatic hydroxyl groups is 2. The first-order chi connectivity index (χ1) is 9.45. The Balaban J connectivity index is 2.24. The normalized spacial score (nSPS) is 16.4. The molecule has 0 radical (unpaired) electrons. The van der Waals surface area contributed by atoms with Gasteiger partial charge in [-0.2, -0.15) is 0 Å². The zero-order valence-corrected chi connectivity index (χ0v) is 10.6. The minimum Gasteiger partial charge on any atom is -0.464 e. The van der Waals surface area contributed by atoms with E-state index in [9.17, 15) is 24.6 Å². The van der Waals surface area contributed by atoms with E-state index < -0.39 is 29.9 Å². The third-order valence-electron chi connectivity index (χ3n) is 2.91. The number of ketones is 1. The number of Topliss-reactive ketones (excluding diaryl/α,β-unsaturated/α-hetero) is 1. The molecule has 0 saturated heterocycles. The zero-order chi connectivity index (χ0) is 14.9. The Bertz CT molecular complexity index is 582. The first-order valence-electron chi connectivity index (χ1n) is 5.98. The van der Waals surface area contributed by atoms with Crippen LogP contribution in [0.25, 0.3) is 0 Å². The average molecular weight is 279 g/mol. The van der Waals surface area contributed by atoms with Gasteiger partial charge >= 0.3 is 5.97 Å². The van der Waals surface area contributed by atoms with Crippen molar-refractivity contribution >= 4 is 23.3 Å². The predicted molar refractivity (Wildman–Crippen MR) is 67.0 cm³/mol. The summed E-state index contributed by atoms with van der Waals surface area (Å²) in [4.78, 5) is 34.1. The van der Waals surface area contributed by atoms with Crippen molar-refractivity contribution in [2.45, 2.75) is 19.1 Å². The number of aliphatic hydroxyl groups excluding tert-OH is 2. The standard InChI is InChI=1S/C13H13NO6/c1-2-20-13(19)11(17)9(15)6-3-4-8-7(5-6)10(16)12(18)14-8/h3-5,9,11,15,17H,2H2,1H3,(H,14,16,18). The van der Waals surface area contributed by atoms with Gasteiger partial charge in [0.1, 0.15) is 6.10 Å². The van der Waals surface area contributed by atoms with Crippen LogP contribution in [-0.2, 0) is 14.3 Å². The summed E-state index contributed by atoms with van der Waals surface area (Å²) in [5.74, 6) is -2.43. The highest BCUT2D eigenvalue weighted by molar-refractivity contribution is 6.51. The second-order valence-electron chi connectivity index (χ2n) is 4.23. The number of hydrogen-bond acceptors (Lipinski definition) is 6. The molecule has 0 bridgehead atoms. The van der Waals surface area contributed by atoms with Crippen LogP contribution in [0.2, 0.25) is 0 Å². The molecule has 0 fully saturated rings. The van der Waals surface area contributed by atoms with Gasteiger partial charge in [-0.1, -0.05) is 6.07 Å². The summed E-state index contributed by atoms with van der Waals surface area (Å²) in [5.41, 5.74) is 0.582. The number of rotatable bonds is 4. The quantitative estimate of drug-likeness (QED) is 0.518. The number of ether oxygens (including phenoxy) is 1. The summed E-state index contributed by atoms with van der Waals surface area (Å²) < 4.78 is 4.59. The second-order valence-corrected chi connectivity index (χ2v) is 4.23. The summed E-state index contributed by atoms with van der Waals surface area (Å²) in [6, 6.07) is 4.10. The molecule has 1 aliphatic rings. The van der Waals surface area contributed by atoms with E-state index in [2.05, 4.69) is 10.1 Å². The highest BCUT2D eigenvalue weighted by Gasteiger charge is 2.31. The number of amides is 1. The van der Waals surface area contributed by atoms with Crippen molar-refractivity contribution in [2.24, 2.45) is 0 Å². The summed E-state index contributed by atoms with van der Waals surface area (Å²) in [5, 5.41) is 21.9. The van der Waals surface area contributed by atoms with Gasteiger partial charge in [0.2, 0.25) is 0 Å². The molecule has 3 N–H and O–H groups in total. The molecule has 1 amide bonds. The SMILES string of the molecule is CCOC(=O)C(O)C(O)c1ccc2c(c1)C(=O)C(=O)N2. The van der Waals surface area contributed by atoms with Crippen LogP contribution in [0.3, 0.4) is 0 Å². The number of fused-ring (bicyclic) bond motifs is 1. The molecule has 1 aromatic rings. The van der Waals surface area contributed by atoms with E-state index in [-0.39, 0.29) is 17.7 Å². The van der Waals surface area contributed by atoms with Crippen LogP contribution in [0, 0.1) is 0 Å². The Labute approximate surface area is 114 Å². The van der Waals surface area contributed by atoms with E-state index in [0.717, 1.165) is 0 Å². The lowest BCUT2D eigenvalue weighted by Crippen LogP contribution is -2.30. The molecule has 0 saturated carbocycles. The van der Waals surface area contributed by atoms with Gasteiger partial charge in [-0.25, -0.2) is 4.79 Å². The maximum Gasteiger partial charge on any atom is 0.338 e. The fraction of sp³-hybridized carbons (Fsp3) is 0.308. The molecule has 1 heterocycles.